The van der Waals surface area contributed by atoms with Crippen molar-refractivity contribution in [1.29, 1.82) is 0 Å². The molecular formula is C10H19NO3S. The molecule has 2 rings (SSSR count). The van der Waals surface area contributed by atoms with Crippen LogP contribution in [0.15, 0.2) is 0 Å². The van der Waals surface area contributed by atoms with Crippen molar-refractivity contribution >= 4 is 9.84 Å². The Morgan fingerprint density at radius 3 is 2.67 bits per heavy atom. The van der Waals surface area contributed by atoms with E-state index in [1.165, 1.54) is 0 Å². The van der Waals surface area contributed by atoms with Crippen LogP contribution < -0.4 is 5.32 Å². The Hall–Kier alpha value is -0.130. The first-order valence-corrected chi connectivity index (χ1v) is 7.52. The number of nitrogens with one attached hydrogen (secondary N) is 1. The van der Waals surface area contributed by atoms with Gasteiger partial charge in [0, 0.05) is 25.3 Å². The average molecular weight is 233 g/mol. The van der Waals surface area contributed by atoms with Crippen LogP contribution in [-0.2, 0) is 14.6 Å². The standard InChI is InChI=1S/C10H19NO3S/c12-15(13)7-4-10(8-15)11-9-2-1-5-14-6-3-9/h9-11H,1-8H2. The van der Waals surface area contributed by atoms with E-state index in [1.807, 2.05) is 0 Å². The zero-order chi connectivity index (χ0) is 10.7. The zero-order valence-electron chi connectivity index (χ0n) is 8.94. The summed E-state index contributed by atoms with van der Waals surface area (Å²) in [7, 11) is -2.75. The summed E-state index contributed by atoms with van der Waals surface area (Å²) in [6, 6.07) is 0.629. The first-order valence-electron chi connectivity index (χ1n) is 5.70. The molecule has 0 aromatic heterocycles. The first kappa shape index (κ1) is 11.4. The van der Waals surface area contributed by atoms with Gasteiger partial charge in [-0.25, -0.2) is 8.42 Å². The molecule has 0 saturated carbocycles. The first-order chi connectivity index (χ1) is 7.16. The molecule has 0 bridgehead atoms. The molecule has 2 aliphatic rings. The molecule has 2 unspecified atom stereocenters. The molecule has 5 heteroatoms. The van der Waals surface area contributed by atoms with Crippen LogP contribution in [0.3, 0.4) is 0 Å². The second-order valence-corrected chi connectivity index (χ2v) is 6.74. The Balaban J connectivity index is 1.81. The number of hydrogen-bond donors (Lipinski definition) is 1. The lowest BCUT2D eigenvalue weighted by Crippen LogP contribution is -2.39. The largest absolute Gasteiger partial charge is 0.381 e. The lowest BCUT2D eigenvalue weighted by molar-refractivity contribution is 0.142. The molecule has 15 heavy (non-hydrogen) atoms. The number of sulfone groups is 1. The van der Waals surface area contributed by atoms with Gasteiger partial charge in [-0.15, -0.1) is 0 Å². The molecule has 0 aromatic rings. The summed E-state index contributed by atoms with van der Waals surface area (Å²) in [5.41, 5.74) is 0. The quantitative estimate of drug-likeness (QED) is 0.747. The van der Waals surface area contributed by atoms with E-state index in [9.17, 15) is 8.42 Å². The van der Waals surface area contributed by atoms with Crippen LogP contribution in [0.5, 0.6) is 0 Å². The third-order valence-electron chi connectivity index (χ3n) is 3.16. The lowest BCUT2D eigenvalue weighted by atomic mass is 10.1. The highest BCUT2D eigenvalue weighted by molar-refractivity contribution is 7.91. The molecule has 2 aliphatic heterocycles. The topological polar surface area (TPSA) is 55.4 Å². The van der Waals surface area contributed by atoms with Crippen molar-refractivity contribution in [2.45, 2.75) is 37.8 Å². The van der Waals surface area contributed by atoms with Gasteiger partial charge in [0.1, 0.15) is 0 Å². The van der Waals surface area contributed by atoms with Crippen molar-refractivity contribution < 1.29 is 13.2 Å². The van der Waals surface area contributed by atoms with E-state index in [4.69, 9.17) is 4.74 Å². The summed E-state index contributed by atoms with van der Waals surface area (Å²) in [5, 5.41) is 3.45. The Kier molecular flexibility index (Phi) is 3.64. The van der Waals surface area contributed by atoms with Crippen LogP contribution in [0.4, 0.5) is 0 Å². The lowest BCUT2D eigenvalue weighted by Gasteiger charge is -2.19. The Labute approximate surface area is 91.3 Å². The maximum absolute atomic E-state index is 11.3. The van der Waals surface area contributed by atoms with Gasteiger partial charge in [0.2, 0.25) is 0 Å². The fourth-order valence-electron chi connectivity index (χ4n) is 2.33. The second kappa shape index (κ2) is 4.80. The van der Waals surface area contributed by atoms with Crippen LogP contribution in [0.2, 0.25) is 0 Å². The van der Waals surface area contributed by atoms with Crippen LogP contribution in [0, 0.1) is 0 Å². The summed E-state index contributed by atoms with van der Waals surface area (Å²) in [5.74, 6) is 0.679. The van der Waals surface area contributed by atoms with E-state index in [1.54, 1.807) is 0 Å². The summed E-state index contributed by atoms with van der Waals surface area (Å²) in [6.07, 6.45) is 3.98. The van der Waals surface area contributed by atoms with Crippen molar-refractivity contribution in [2.75, 3.05) is 24.7 Å². The summed E-state index contributed by atoms with van der Waals surface area (Å²) < 4.78 is 27.9. The second-order valence-electron chi connectivity index (χ2n) is 4.51. The number of ether oxygens (including phenoxy) is 1. The van der Waals surface area contributed by atoms with Gasteiger partial charge < -0.3 is 10.1 Å². The zero-order valence-corrected chi connectivity index (χ0v) is 9.76. The molecule has 2 saturated heterocycles. The van der Waals surface area contributed by atoms with Gasteiger partial charge >= 0.3 is 0 Å². The maximum Gasteiger partial charge on any atom is 0.151 e. The smallest absolute Gasteiger partial charge is 0.151 e. The molecule has 88 valence electrons. The van der Waals surface area contributed by atoms with Crippen molar-refractivity contribution in [3.05, 3.63) is 0 Å². The average Bonchev–Trinajstić information content (AvgIpc) is 2.41. The van der Waals surface area contributed by atoms with Gasteiger partial charge in [-0.05, 0) is 25.7 Å². The Morgan fingerprint density at radius 2 is 1.93 bits per heavy atom. The van der Waals surface area contributed by atoms with E-state index in [0.29, 0.717) is 17.5 Å². The molecule has 2 atom stereocenters. The highest BCUT2D eigenvalue weighted by Crippen LogP contribution is 2.15. The van der Waals surface area contributed by atoms with E-state index >= 15 is 0 Å². The van der Waals surface area contributed by atoms with E-state index in [0.717, 1.165) is 38.9 Å². The normalized spacial score (nSPS) is 36.3. The minimum atomic E-state index is -2.75. The van der Waals surface area contributed by atoms with Gasteiger partial charge in [0.05, 0.1) is 11.5 Å². The summed E-state index contributed by atoms with van der Waals surface area (Å²) >= 11 is 0. The molecule has 0 aliphatic carbocycles. The molecule has 2 heterocycles. The highest BCUT2D eigenvalue weighted by atomic mass is 32.2. The van der Waals surface area contributed by atoms with Crippen molar-refractivity contribution in [1.82, 2.24) is 5.32 Å². The third kappa shape index (κ3) is 3.43. The maximum atomic E-state index is 11.3. The Morgan fingerprint density at radius 1 is 1.07 bits per heavy atom. The molecule has 1 N–H and O–H groups in total. The van der Waals surface area contributed by atoms with Crippen LogP contribution in [0.1, 0.15) is 25.7 Å². The van der Waals surface area contributed by atoms with Gasteiger partial charge in [0.25, 0.3) is 0 Å². The van der Waals surface area contributed by atoms with Gasteiger partial charge in [-0.2, -0.15) is 0 Å². The van der Waals surface area contributed by atoms with Gasteiger partial charge in [-0.3, -0.25) is 0 Å². The number of hydrogen-bond acceptors (Lipinski definition) is 4. The molecule has 4 nitrogen and oxygen atoms in total. The summed E-state index contributed by atoms with van der Waals surface area (Å²) in [4.78, 5) is 0. The predicted octanol–water partition coefficient (Wildman–Crippen LogP) is 0.332. The SMILES string of the molecule is O=S1(=O)CCC(NC2CCCOCC2)C1. The predicted molar refractivity (Wildman–Crippen MR) is 58.7 cm³/mol. The van der Waals surface area contributed by atoms with Crippen LogP contribution >= 0.6 is 0 Å². The van der Waals surface area contributed by atoms with Gasteiger partial charge in [0.15, 0.2) is 9.84 Å². The van der Waals surface area contributed by atoms with Crippen LogP contribution in [-0.4, -0.2) is 45.2 Å². The van der Waals surface area contributed by atoms with Crippen molar-refractivity contribution in [3.63, 3.8) is 0 Å². The van der Waals surface area contributed by atoms with E-state index < -0.39 is 9.84 Å². The van der Waals surface area contributed by atoms with Crippen molar-refractivity contribution in [2.24, 2.45) is 0 Å². The fraction of sp³-hybridized carbons (Fsp3) is 1.00. The highest BCUT2D eigenvalue weighted by Gasteiger charge is 2.29. The van der Waals surface area contributed by atoms with Gasteiger partial charge in [-0.1, -0.05) is 0 Å². The van der Waals surface area contributed by atoms with Crippen LogP contribution in [0.25, 0.3) is 0 Å². The van der Waals surface area contributed by atoms with E-state index in [2.05, 4.69) is 5.32 Å². The molecule has 0 amide bonds. The number of rotatable bonds is 2. The monoisotopic (exact) mass is 233 g/mol. The minimum Gasteiger partial charge on any atom is -0.381 e. The minimum absolute atomic E-state index is 0.179. The fourth-order valence-corrected chi connectivity index (χ4v) is 4.02. The third-order valence-corrected chi connectivity index (χ3v) is 4.92. The molecule has 0 aromatic carbocycles. The molecule has 0 spiro atoms. The van der Waals surface area contributed by atoms with E-state index in [-0.39, 0.29) is 6.04 Å². The Bertz CT molecular complexity index is 294. The van der Waals surface area contributed by atoms with Crippen molar-refractivity contribution in [3.8, 4) is 0 Å². The molecule has 2 fully saturated rings. The molecular weight excluding hydrogens is 214 g/mol. The summed E-state index contributed by atoms with van der Waals surface area (Å²) in [6.45, 7) is 1.65. The molecule has 0 radical (unpaired) electrons.